The second kappa shape index (κ2) is 5.27. The van der Waals surface area contributed by atoms with Gasteiger partial charge in [-0.15, -0.1) is 0 Å². The van der Waals surface area contributed by atoms with Crippen LogP contribution in [0.5, 0.6) is 0 Å². The smallest absolute Gasteiger partial charge is 0.262 e. The van der Waals surface area contributed by atoms with Crippen LogP contribution in [0.1, 0.15) is 17.3 Å². The maximum absolute atomic E-state index is 12.4. The van der Waals surface area contributed by atoms with Crippen LogP contribution in [0.15, 0.2) is 42.9 Å². The Morgan fingerprint density at radius 2 is 2.00 bits per heavy atom. The van der Waals surface area contributed by atoms with Gasteiger partial charge in [0.15, 0.2) is 0 Å². The highest BCUT2D eigenvalue weighted by Crippen LogP contribution is 2.17. The molecule has 5 nitrogen and oxygen atoms in total. The van der Waals surface area contributed by atoms with E-state index in [4.69, 9.17) is 5.73 Å². The Balaban J connectivity index is 2.35. The lowest BCUT2D eigenvalue weighted by Gasteiger charge is -2.21. The van der Waals surface area contributed by atoms with Crippen molar-refractivity contribution in [2.45, 2.75) is 6.92 Å². The summed E-state index contributed by atoms with van der Waals surface area (Å²) in [5.74, 6) is 0.0873. The number of aromatic nitrogens is 2. The highest BCUT2D eigenvalue weighted by molar-refractivity contribution is 6.08. The Hall–Kier alpha value is -2.43. The van der Waals surface area contributed by atoms with Crippen LogP contribution >= 0.6 is 0 Å². The fourth-order valence-corrected chi connectivity index (χ4v) is 1.71. The fourth-order valence-electron chi connectivity index (χ4n) is 1.71. The molecular weight excluding hydrogens is 228 g/mol. The molecule has 2 aromatic heterocycles. The Kier molecular flexibility index (Phi) is 3.52. The number of carbonyl (C=O) groups is 1. The lowest BCUT2D eigenvalue weighted by Crippen LogP contribution is -2.31. The Morgan fingerprint density at radius 1 is 1.28 bits per heavy atom. The van der Waals surface area contributed by atoms with E-state index in [1.165, 1.54) is 0 Å². The second-order valence-corrected chi connectivity index (χ2v) is 3.69. The Bertz CT molecular complexity index is 542. The van der Waals surface area contributed by atoms with E-state index >= 15 is 0 Å². The van der Waals surface area contributed by atoms with Crippen molar-refractivity contribution < 1.29 is 4.79 Å². The molecule has 0 aliphatic carbocycles. The van der Waals surface area contributed by atoms with Gasteiger partial charge < -0.3 is 10.6 Å². The van der Waals surface area contributed by atoms with Crippen LogP contribution in [0.2, 0.25) is 0 Å². The molecule has 0 atom stereocenters. The third-order valence-corrected chi connectivity index (χ3v) is 2.60. The van der Waals surface area contributed by atoms with Gasteiger partial charge in [0.2, 0.25) is 0 Å². The van der Waals surface area contributed by atoms with Gasteiger partial charge in [-0.2, -0.15) is 0 Å². The van der Waals surface area contributed by atoms with E-state index in [0.29, 0.717) is 12.1 Å². The van der Waals surface area contributed by atoms with E-state index in [-0.39, 0.29) is 11.7 Å². The maximum Gasteiger partial charge on any atom is 0.262 e. The van der Waals surface area contributed by atoms with E-state index in [2.05, 4.69) is 9.97 Å². The van der Waals surface area contributed by atoms with Crippen LogP contribution in [0.3, 0.4) is 0 Å². The van der Waals surface area contributed by atoms with Crippen molar-refractivity contribution in [2.24, 2.45) is 0 Å². The number of amides is 1. The van der Waals surface area contributed by atoms with E-state index in [0.717, 1.165) is 5.69 Å². The van der Waals surface area contributed by atoms with Crippen LogP contribution < -0.4 is 10.6 Å². The van der Waals surface area contributed by atoms with Gasteiger partial charge in [-0.1, -0.05) is 0 Å². The van der Waals surface area contributed by atoms with Crippen molar-refractivity contribution >= 4 is 17.4 Å². The van der Waals surface area contributed by atoms with Gasteiger partial charge in [0.25, 0.3) is 5.91 Å². The predicted molar refractivity (Wildman–Crippen MR) is 70.2 cm³/mol. The van der Waals surface area contributed by atoms with Crippen molar-refractivity contribution in [2.75, 3.05) is 17.2 Å². The number of rotatable bonds is 3. The van der Waals surface area contributed by atoms with Gasteiger partial charge in [-0.3, -0.25) is 9.78 Å². The first-order valence-electron chi connectivity index (χ1n) is 5.66. The van der Waals surface area contributed by atoms with Gasteiger partial charge in [-0.05, 0) is 31.2 Å². The number of nitrogens with two attached hydrogens (primary N) is 1. The zero-order valence-electron chi connectivity index (χ0n) is 10.1. The lowest BCUT2D eigenvalue weighted by molar-refractivity contribution is 0.0989. The number of anilines is 2. The molecule has 0 fully saturated rings. The molecule has 1 amide bonds. The van der Waals surface area contributed by atoms with Gasteiger partial charge in [0.05, 0.1) is 5.56 Å². The minimum absolute atomic E-state index is 0.158. The van der Waals surface area contributed by atoms with Gasteiger partial charge in [0, 0.05) is 30.8 Å². The van der Waals surface area contributed by atoms with Gasteiger partial charge in [-0.25, -0.2) is 4.98 Å². The van der Waals surface area contributed by atoms with E-state index in [1.54, 1.807) is 47.8 Å². The molecule has 0 unspecified atom stereocenters. The van der Waals surface area contributed by atoms with Crippen LogP contribution in [0.25, 0.3) is 0 Å². The number of nitrogens with zero attached hydrogens (tertiary/aromatic N) is 3. The quantitative estimate of drug-likeness (QED) is 0.889. The number of hydrogen-bond donors (Lipinski definition) is 1. The van der Waals surface area contributed by atoms with Crippen molar-refractivity contribution in [3.63, 3.8) is 0 Å². The van der Waals surface area contributed by atoms with Crippen molar-refractivity contribution in [1.29, 1.82) is 0 Å². The molecule has 92 valence electrons. The summed E-state index contributed by atoms with van der Waals surface area (Å²) in [5.41, 5.74) is 6.93. The molecule has 0 saturated heterocycles. The van der Waals surface area contributed by atoms with E-state index < -0.39 is 0 Å². The monoisotopic (exact) mass is 242 g/mol. The standard InChI is InChI=1S/C13H14N4O/c1-2-17(10-5-8-15-9-6-10)13(18)11-4-3-7-16-12(11)14/h3-9H,2H2,1H3,(H2,14,16). The SMILES string of the molecule is CCN(C(=O)c1cccnc1N)c1ccncc1. The summed E-state index contributed by atoms with van der Waals surface area (Å²) in [6.07, 6.45) is 4.87. The summed E-state index contributed by atoms with van der Waals surface area (Å²) in [6, 6.07) is 6.94. The molecule has 18 heavy (non-hydrogen) atoms. The van der Waals surface area contributed by atoms with Gasteiger partial charge >= 0.3 is 0 Å². The summed E-state index contributed by atoms with van der Waals surface area (Å²) in [4.78, 5) is 21.9. The first-order valence-corrected chi connectivity index (χ1v) is 5.66. The summed E-state index contributed by atoms with van der Waals surface area (Å²) >= 11 is 0. The molecule has 2 rings (SSSR count). The zero-order valence-corrected chi connectivity index (χ0v) is 10.1. The number of nitrogen functional groups attached to an aromatic ring is 1. The first-order chi connectivity index (χ1) is 8.74. The Labute approximate surface area is 105 Å². The predicted octanol–water partition coefficient (Wildman–Crippen LogP) is 1.73. The molecule has 0 radical (unpaired) electrons. The molecular formula is C13H14N4O. The summed E-state index contributed by atoms with van der Waals surface area (Å²) in [5, 5.41) is 0. The minimum atomic E-state index is -0.158. The molecule has 0 aliphatic rings. The topological polar surface area (TPSA) is 72.1 Å². The van der Waals surface area contributed by atoms with E-state index in [1.807, 2.05) is 6.92 Å². The molecule has 2 heterocycles. The second-order valence-electron chi connectivity index (χ2n) is 3.69. The van der Waals surface area contributed by atoms with Crippen LogP contribution in [0.4, 0.5) is 11.5 Å². The Morgan fingerprint density at radius 3 is 2.61 bits per heavy atom. The lowest BCUT2D eigenvalue weighted by atomic mass is 10.2. The van der Waals surface area contributed by atoms with Crippen molar-refractivity contribution in [1.82, 2.24) is 9.97 Å². The van der Waals surface area contributed by atoms with Crippen LogP contribution in [0, 0.1) is 0 Å². The molecule has 0 bridgehead atoms. The summed E-state index contributed by atoms with van der Waals surface area (Å²) in [6.45, 7) is 2.46. The molecule has 0 spiro atoms. The molecule has 5 heteroatoms. The highest BCUT2D eigenvalue weighted by atomic mass is 16.2. The normalized spacial score (nSPS) is 10.1. The summed E-state index contributed by atoms with van der Waals surface area (Å²) < 4.78 is 0. The average Bonchev–Trinajstić information content (AvgIpc) is 2.41. The van der Waals surface area contributed by atoms with Crippen molar-refractivity contribution in [3.8, 4) is 0 Å². The van der Waals surface area contributed by atoms with Crippen molar-refractivity contribution in [3.05, 3.63) is 48.4 Å². The van der Waals surface area contributed by atoms with Crippen LogP contribution in [-0.4, -0.2) is 22.4 Å². The third-order valence-electron chi connectivity index (χ3n) is 2.60. The zero-order chi connectivity index (χ0) is 13.0. The molecule has 0 saturated carbocycles. The number of carbonyl (C=O) groups excluding carboxylic acids is 1. The third kappa shape index (κ3) is 2.29. The number of pyridine rings is 2. The van der Waals surface area contributed by atoms with Crippen LogP contribution in [-0.2, 0) is 0 Å². The largest absolute Gasteiger partial charge is 0.383 e. The summed E-state index contributed by atoms with van der Waals surface area (Å²) in [7, 11) is 0. The fraction of sp³-hybridized carbons (Fsp3) is 0.154. The average molecular weight is 242 g/mol. The van der Waals surface area contributed by atoms with Gasteiger partial charge in [0.1, 0.15) is 5.82 Å². The molecule has 0 aromatic carbocycles. The molecule has 2 N–H and O–H groups in total. The van der Waals surface area contributed by atoms with E-state index in [9.17, 15) is 4.79 Å². The molecule has 2 aromatic rings. The molecule has 0 aliphatic heterocycles. The minimum Gasteiger partial charge on any atom is -0.383 e. The highest BCUT2D eigenvalue weighted by Gasteiger charge is 2.18. The maximum atomic E-state index is 12.4. The first kappa shape index (κ1) is 12.0. The number of hydrogen-bond acceptors (Lipinski definition) is 4.